The number of carboxylic acid groups (broad SMARTS) is 1. The summed E-state index contributed by atoms with van der Waals surface area (Å²) in [5, 5.41) is 9.61. The lowest BCUT2D eigenvalue weighted by Gasteiger charge is -2.16. The number of aromatic nitrogens is 3. The van der Waals surface area contributed by atoms with Crippen molar-refractivity contribution >= 4 is 17.1 Å². The Bertz CT molecular complexity index is 883. The third kappa shape index (κ3) is 2.70. The maximum Gasteiger partial charge on any atom is 0.326 e. The minimum Gasteiger partial charge on any atom is -0.480 e. The molecule has 0 amide bonds. The van der Waals surface area contributed by atoms with Crippen LogP contribution in [0.15, 0.2) is 36.5 Å². The first kappa shape index (κ1) is 15.2. The smallest absolute Gasteiger partial charge is 0.326 e. The van der Waals surface area contributed by atoms with E-state index in [-0.39, 0.29) is 0 Å². The summed E-state index contributed by atoms with van der Waals surface area (Å²) in [6.45, 7) is 5.82. The van der Waals surface area contributed by atoms with Crippen LogP contribution in [0.1, 0.15) is 30.5 Å². The zero-order valence-electron chi connectivity index (χ0n) is 13.4. The Morgan fingerprint density at radius 1 is 1.26 bits per heavy atom. The lowest BCUT2D eigenvalue weighted by molar-refractivity contribution is -0.140. The number of carboxylic acids is 1. The SMILES string of the molecule is CCC(C(=O)O)n1c(-c2cccc(C)c2)nc2cc(C)cnc21. The zero-order chi connectivity index (χ0) is 16.6. The van der Waals surface area contributed by atoms with Crippen molar-refractivity contribution in [2.45, 2.75) is 33.2 Å². The number of hydrogen-bond donors (Lipinski definition) is 1. The molecular formula is C18H19N3O2. The van der Waals surface area contributed by atoms with E-state index in [0.29, 0.717) is 17.9 Å². The summed E-state index contributed by atoms with van der Waals surface area (Å²) in [4.78, 5) is 20.8. The zero-order valence-corrected chi connectivity index (χ0v) is 13.4. The van der Waals surface area contributed by atoms with E-state index in [1.807, 2.05) is 51.1 Å². The van der Waals surface area contributed by atoms with Crippen molar-refractivity contribution in [3.05, 3.63) is 47.7 Å². The van der Waals surface area contributed by atoms with E-state index in [0.717, 1.165) is 22.2 Å². The van der Waals surface area contributed by atoms with Gasteiger partial charge in [0.1, 0.15) is 17.4 Å². The number of pyridine rings is 1. The number of nitrogens with zero attached hydrogens (tertiary/aromatic N) is 3. The summed E-state index contributed by atoms with van der Waals surface area (Å²) < 4.78 is 1.74. The second-order valence-corrected chi connectivity index (χ2v) is 5.79. The second kappa shape index (κ2) is 5.83. The van der Waals surface area contributed by atoms with Crippen molar-refractivity contribution in [2.75, 3.05) is 0 Å². The number of aliphatic carboxylic acids is 1. The topological polar surface area (TPSA) is 68.0 Å². The predicted molar refractivity (Wildman–Crippen MR) is 89.4 cm³/mol. The van der Waals surface area contributed by atoms with Gasteiger partial charge in [-0.3, -0.25) is 4.57 Å². The molecule has 3 aromatic rings. The van der Waals surface area contributed by atoms with Crippen LogP contribution in [-0.4, -0.2) is 25.6 Å². The number of fused-ring (bicyclic) bond motifs is 1. The van der Waals surface area contributed by atoms with Crippen molar-refractivity contribution in [1.82, 2.24) is 14.5 Å². The maximum absolute atomic E-state index is 11.7. The highest BCUT2D eigenvalue weighted by Crippen LogP contribution is 2.29. The number of hydrogen-bond acceptors (Lipinski definition) is 3. The molecule has 0 saturated heterocycles. The van der Waals surface area contributed by atoms with Crippen LogP contribution in [0.5, 0.6) is 0 Å². The summed E-state index contributed by atoms with van der Waals surface area (Å²) in [7, 11) is 0. The molecule has 2 heterocycles. The molecule has 1 atom stereocenters. The molecule has 0 saturated carbocycles. The highest BCUT2D eigenvalue weighted by Gasteiger charge is 2.25. The van der Waals surface area contributed by atoms with Gasteiger partial charge >= 0.3 is 5.97 Å². The minimum atomic E-state index is -0.872. The van der Waals surface area contributed by atoms with Crippen LogP contribution < -0.4 is 0 Å². The van der Waals surface area contributed by atoms with Crippen LogP contribution in [0.2, 0.25) is 0 Å². The van der Waals surface area contributed by atoms with Gasteiger partial charge in [0.2, 0.25) is 0 Å². The Morgan fingerprint density at radius 2 is 2.04 bits per heavy atom. The number of aryl methyl sites for hydroxylation is 2. The molecule has 1 unspecified atom stereocenters. The van der Waals surface area contributed by atoms with Gasteiger partial charge in [-0.1, -0.05) is 30.7 Å². The number of imidazole rings is 1. The fourth-order valence-corrected chi connectivity index (χ4v) is 2.83. The van der Waals surface area contributed by atoms with Crippen LogP contribution in [0.3, 0.4) is 0 Å². The van der Waals surface area contributed by atoms with Crippen molar-refractivity contribution < 1.29 is 9.90 Å². The number of rotatable bonds is 4. The Balaban J connectivity index is 2.33. The summed E-state index contributed by atoms with van der Waals surface area (Å²) >= 11 is 0. The first-order chi connectivity index (χ1) is 11.0. The summed E-state index contributed by atoms with van der Waals surface area (Å²) in [6.07, 6.45) is 2.21. The van der Waals surface area contributed by atoms with Gasteiger partial charge in [-0.2, -0.15) is 0 Å². The molecule has 1 N–H and O–H groups in total. The van der Waals surface area contributed by atoms with E-state index in [2.05, 4.69) is 9.97 Å². The predicted octanol–water partition coefficient (Wildman–Crippen LogP) is 3.75. The van der Waals surface area contributed by atoms with E-state index in [1.54, 1.807) is 10.8 Å². The molecule has 5 heteroatoms. The van der Waals surface area contributed by atoms with Crippen LogP contribution in [0, 0.1) is 13.8 Å². The average Bonchev–Trinajstić information content (AvgIpc) is 2.86. The van der Waals surface area contributed by atoms with E-state index < -0.39 is 12.0 Å². The normalized spacial score (nSPS) is 12.5. The van der Waals surface area contributed by atoms with E-state index >= 15 is 0 Å². The molecule has 1 aromatic carbocycles. The minimum absolute atomic E-state index is 0.467. The van der Waals surface area contributed by atoms with Crippen molar-refractivity contribution in [2.24, 2.45) is 0 Å². The first-order valence-electron chi connectivity index (χ1n) is 7.65. The van der Waals surface area contributed by atoms with Crippen LogP contribution in [-0.2, 0) is 4.79 Å². The molecule has 0 fully saturated rings. The summed E-state index contributed by atoms with van der Waals surface area (Å²) in [6, 6.07) is 9.17. The van der Waals surface area contributed by atoms with Crippen LogP contribution in [0.25, 0.3) is 22.6 Å². The molecule has 0 spiro atoms. The maximum atomic E-state index is 11.7. The Kier molecular flexibility index (Phi) is 3.86. The van der Waals surface area contributed by atoms with E-state index in [4.69, 9.17) is 0 Å². The van der Waals surface area contributed by atoms with Gasteiger partial charge in [-0.15, -0.1) is 0 Å². The van der Waals surface area contributed by atoms with E-state index in [9.17, 15) is 9.90 Å². The van der Waals surface area contributed by atoms with Gasteiger partial charge < -0.3 is 5.11 Å². The fourth-order valence-electron chi connectivity index (χ4n) is 2.83. The third-order valence-electron chi connectivity index (χ3n) is 3.93. The molecule has 0 bridgehead atoms. The monoisotopic (exact) mass is 309 g/mol. The lowest BCUT2D eigenvalue weighted by atomic mass is 10.1. The molecule has 0 aliphatic heterocycles. The highest BCUT2D eigenvalue weighted by atomic mass is 16.4. The van der Waals surface area contributed by atoms with Gasteiger partial charge in [0.05, 0.1) is 0 Å². The Labute approximate surface area is 134 Å². The standard InChI is InChI=1S/C18H19N3O2/c1-4-15(18(22)23)21-16(13-7-5-6-11(2)8-13)20-14-9-12(3)10-19-17(14)21/h5-10,15H,4H2,1-3H3,(H,22,23). The van der Waals surface area contributed by atoms with Gasteiger partial charge in [-0.05, 0) is 38.0 Å². The van der Waals surface area contributed by atoms with Gasteiger partial charge in [0.25, 0.3) is 0 Å². The van der Waals surface area contributed by atoms with Crippen LogP contribution >= 0.6 is 0 Å². The molecule has 0 aliphatic carbocycles. The molecule has 0 radical (unpaired) electrons. The van der Waals surface area contributed by atoms with Crippen molar-refractivity contribution in [1.29, 1.82) is 0 Å². The average molecular weight is 309 g/mol. The van der Waals surface area contributed by atoms with E-state index in [1.165, 1.54) is 0 Å². The molecular weight excluding hydrogens is 290 g/mol. The quantitative estimate of drug-likeness (QED) is 0.797. The third-order valence-corrected chi connectivity index (χ3v) is 3.93. The fraction of sp³-hybridized carbons (Fsp3) is 0.278. The van der Waals surface area contributed by atoms with Gasteiger partial charge in [0.15, 0.2) is 5.65 Å². The largest absolute Gasteiger partial charge is 0.480 e. The molecule has 23 heavy (non-hydrogen) atoms. The Morgan fingerprint density at radius 3 is 2.70 bits per heavy atom. The second-order valence-electron chi connectivity index (χ2n) is 5.79. The van der Waals surface area contributed by atoms with Crippen molar-refractivity contribution in [3.8, 4) is 11.4 Å². The Hall–Kier alpha value is -2.69. The molecule has 3 rings (SSSR count). The lowest BCUT2D eigenvalue weighted by Crippen LogP contribution is -2.19. The molecule has 118 valence electrons. The number of carbonyl (C=O) groups is 1. The molecule has 5 nitrogen and oxygen atoms in total. The van der Waals surface area contributed by atoms with Crippen LogP contribution in [0.4, 0.5) is 0 Å². The van der Waals surface area contributed by atoms with Gasteiger partial charge in [-0.25, -0.2) is 14.8 Å². The summed E-state index contributed by atoms with van der Waals surface area (Å²) in [5.41, 5.74) is 4.35. The number of benzene rings is 1. The molecule has 0 aliphatic rings. The first-order valence-corrected chi connectivity index (χ1v) is 7.65. The molecule has 2 aromatic heterocycles. The summed E-state index contributed by atoms with van der Waals surface area (Å²) in [5.74, 6) is -0.223. The highest BCUT2D eigenvalue weighted by molar-refractivity contribution is 5.82. The van der Waals surface area contributed by atoms with Crippen molar-refractivity contribution in [3.63, 3.8) is 0 Å². The van der Waals surface area contributed by atoms with Gasteiger partial charge in [0, 0.05) is 11.8 Å².